The average molecular weight is 342 g/mol. The molecule has 2 heterocycles. The van der Waals surface area contributed by atoms with Crippen LogP contribution in [0.5, 0.6) is 0 Å². The fraction of sp³-hybridized carbons (Fsp3) is 0.588. The molecule has 0 saturated carbocycles. The van der Waals surface area contributed by atoms with Crippen molar-refractivity contribution >= 4 is 5.91 Å². The first-order valence-electron chi connectivity index (χ1n) is 8.09. The molecule has 2 aliphatic rings. The highest BCUT2D eigenvalue weighted by Gasteiger charge is 2.39. The van der Waals surface area contributed by atoms with E-state index in [0.717, 1.165) is 18.9 Å². The van der Waals surface area contributed by atoms with Crippen molar-refractivity contribution in [2.24, 2.45) is 0 Å². The lowest BCUT2D eigenvalue weighted by atomic mass is 9.89. The van der Waals surface area contributed by atoms with E-state index in [4.69, 9.17) is 4.74 Å². The van der Waals surface area contributed by atoms with E-state index in [1.54, 1.807) is 6.07 Å². The number of hydrogen-bond donors (Lipinski definition) is 1. The highest BCUT2D eigenvalue weighted by molar-refractivity contribution is 5.73. The number of alkyl halides is 3. The van der Waals surface area contributed by atoms with Gasteiger partial charge >= 0.3 is 6.18 Å². The molecule has 1 amide bonds. The average Bonchev–Trinajstić information content (AvgIpc) is 2.47. The smallest absolute Gasteiger partial charge is 0.378 e. The summed E-state index contributed by atoms with van der Waals surface area (Å²) in [5, 5.41) is 2.95. The fourth-order valence-electron chi connectivity index (χ4n) is 3.71. The minimum Gasteiger partial charge on any atom is -0.378 e. The number of nitrogens with zero attached hydrogens (tertiary/aromatic N) is 1. The van der Waals surface area contributed by atoms with Crippen molar-refractivity contribution in [3.05, 3.63) is 35.4 Å². The SMILES string of the molecule is CC(=O)NC1CC2COCC(C1)N2Cc1cccc(C(F)(F)F)c1. The van der Waals surface area contributed by atoms with E-state index in [-0.39, 0.29) is 24.0 Å². The third kappa shape index (κ3) is 3.89. The number of fused-ring (bicyclic) bond motifs is 2. The van der Waals surface area contributed by atoms with Gasteiger partial charge in [0.15, 0.2) is 0 Å². The Morgan fingerprint density at radius 1 is 1.29 bits per heavy atom. The molecule has 0 radical (unpaired) electrons. The van der Waals surface area contributed by atoms with Crippen LogP contribution < -0.4 is 5.32 Å². The molecule has 1 N–H and O–H groups in total. The molecule has 24 heavy (non-hydrogen) atoms. The zero-order chi connectivity index (χ0) is 17.3. The molecule has 2 unspecified atom stereocenters. The van der Waals surface area contributed by atoms with Crippen molar-refractivity contribution in [3.8, 4) is 0 Å². The van der Waals surface area contributed by atoms with Gasteiger partial charge in [0.1, 0.15) is 0 Å². The van der Waals surface area contributed by atoms with Gasteiger partial charge in [-0.05, 0) is 24.5 Å². The molecule has 2 saturated heterocycles. The van der Waals surface area contributed by atoms with Crippen LogP contribution in [-0.2, 0) is 22.3 Å². The molecule has 132 valence electrons. The summed E-state index contributed by atoms with van der Waals surface area (Å²) in [6.07, 6.45) is -2.81. The molecule has 7 heteroatoms. The van der Waals surface area contributed by atoms with E-state index < -0.39 is 11.7 Å². The molecule has 2 atom stereocenters. The van der Waals surface area contributed by atoms with Gasteiger partial charge in [0.25, 0.3) is 0 Å². The van der Waals surface area contributed by atoms with Gasteiger partial charge in [0, 0.05) is 31.6 Å². The third-order valence-corrected chi connectivity index (χ3v) is 4.70. The highest BCUT2D eigenvalue weighted by atomic mass is 19.4. The predicted molar refractivity (Wildman–Crippen MR) is 82.2 cm³/mol. The Morgan fingerprint density at radius 3 is 2.54 bits per heavy atom. The summed E-state index contributed by atoms with van der Waals surface area (Å²) in [4.78, 5) is 13.5. The second-order valence-corrected chi connectivity index (χ2v) is 6.58. The van der Waals surface area contributed by atoms with Crippen molar-refractivity contribution in [2.75, 3.05) is 13.2 Å². The van der Waals surface area contributed by atoms with Crippen molar-refractivity contribution in [3.63, 3.8) is 0 Å². The number of rotatable bonds is 3. The van der Waals surface area contributed by atoms with E-state index in [9.17, 15) is 18.0 Å². The van der Waals surface area contributed by atoms with Crippen LogP contribution >= 0.6 is 0 Å². The van der Waals surface area contributed by atoms with Gasteiger partial charge in [-0.15, -0.1) is 0 Å². The van der Waals surface area contributed by atoms with E-state index in [0.29, 0.717) is 25.3 Å². The number of hydrogen-bond acceptors (Lipinski definition) is 3. The summed E-state index contributed by atoms with van der Waals surface area (Å²) in [6.45, 7) is 3.06. The number of benzene rings is 1. The number of ether oxygens (including phenoxy) is 1. The van der Waals surface area contributed by atoms with Gasteiger partial charge in [0.2, 0.25) is 5.91 Å². The lowest BCUT2D eigenvalue weighted by Crippen LogP contribution is -2.60. The molecule has 0 spiro atoms. The molecule has 1 aromatic carbocycles. The maximum Gasteiger partial charge on any atom is 0.416 e. The Balaban J connectivity index is 1.72. The molecule has 0 aliphatic carbocycles. The molecule has 0 aromatic heterocycles. The lowest BCUT2D eigenvalue weighted by molar-refractivity contribution is -0.137. The van der Waals surface area contributed by atoms with Crippen molar-refractivity contribution < 1.29 is 22.7 Å². The summed E-state index contributed by atoms with van der Waals surface area (Å²) >= 11 is 0. The highest BCUT2D eigenvalue weighted by Crippen LogP contribution is 2.32. The van der Waals surface area contributed by atoms with Gasteiger partial charge in [-0.2, -0.15) is 13.2 Å². The number of piperidine rings is 1. The number of nitrogens with one attached hydrogen (secondary N) is 1. The van der Waals surface area contributed by atoms with Crippen LogP contribution in [0.2, 0.25) is 0 Å². The van der Waals surface area contributed by atoms with E-state index in [1.807, 2.05) is 0 Å². The Kier molecular flexibility index (Phi) is 4.83. The molecule has 2 bridgehead atoms. The number of carbonyl (C=O) groups excluding carboxylic acids is 1. The predicted octanol–water partition coefficient (Wildman–Crippen LogP) is 2.57. The van der Waals surface area contributed by atoms with E-state index in [2.05, 4.69) is 10.2 Å². The molecule has 2 aliphatic heterocycles. The fourth-order valence-corrected chi connectivity index (χ4v) is 3.71. The maximum absolute atomic E-state index is 12.9. The second-order valence-electron chi connectivity index (χ2n) is 6.58. The summed E-state index contributed by atoms with van der Waals surface area (Å²) < 4.78 is 44.2. The van der Waals surface area contributed by atoms with Gasteiger partial charge in [-0.1, -0.05) is 18.2 Å². The molecular formula is C17H21F3N2O2. The normalized spacial score (nSPS) is 27.8. The molecule has 2 fully saturated rings. The van der Waals surface area contributed by atoms with Crippen molar-refractivity contribution in [1.82, 2.24) is 10.2 Å². The second kappa shape index (κ2) is 6.72. The summed E-state index contributed by atoms with van der Waals surface area (Å²) in [7, 11) is 0. The van der Waals surface area contributed by atoms with Crippen LogP contribution in [0.15, 0.2) is 24.3 Å². The van der Waals surface area contributed by atoms with Crippen LogP contribution in [0.25, 0.3) is 0 Å². The summed E-state index contributed by atoms with van der Waals surface area (Å²) in [5.74, 6) is -0.0506. The molecule has 4 nitrogen and oxygen atoms in total. The van der Waals surface area contributed by atoms with E-state index >= 15 is 0 Å². The molecular weight excluding hydrogens is 321 g/mol. The first kappa shape index (κ1) is 17.2. The van der Waals surface area contributed by atoms with Crippen molar-refractivity contribution in [2.45, 2.75) is 50.6 Å². The first-order valence-corrected chi connectivity index (χ1v) is 8.09. The van der Waals surface area contributed by atoms with Gasteiger partial charge in [-0.3, -0.25) is 9.69 Å². The number of amides is 1. The van der Waals surface area contributed by atoms with Crippen LogP contribution in [-0.4, -0.2) is 42.1 Å². The van der Waals surface area contributed by atoms with Crippen molar-refractivity contribution in [1.29, 1.82) is 0 Å². The Bertz CT molecular complexity index is 592. The van der Waals surface area contributed by atoms with E-state index in [1.165, 1.54) is 19.1 Å². The monoisotopic (exact) mass is 342 g/mol. The van der Waals surface area contributed by atoms with Gasteiger partial charge < -0.3 is 10.1 Å². The van der Waals surface area contributed by atoms with Crippen LogP contribution in [0.3, 0.4) is 0 Å². The number of halogens is 3. The molecule has 3 rings (SSSR count). The number of carbonyl (C=O) groups is 1. The summed E-state index contributed by atoms with van der Waals surface area (Å²) in [6, 6.07) is 5.83. The Hall–Kier alpha value is -1.60. The van der Waals surface area contributed by atoms with Crippen LogP contribution in [0.4, 0.5) is 13.2 Å². The zero-order valence-electron chi connectivity index (χ0n) is 13.5. The first-order chi connectivity index (χ1) is 11.3. The third-order valence-electron chi connectivity index (χ3n) is 4.70. The minimum atomic E-state index is -4.33. The summed E-state index contributed by atoms with van der Waals surface area (Å²) in [5.41, 5.74) is 0.0363. The zero-order valence-corrected chi connectivity index (χ0v) is 13.5. The number of morpholine rings is 1. The Morgan fingerprint density at radius 2 is 1.96 bits per heavy atom. The maximum atomic E-state index is 12.9. The van der Waals surface area contributed by atoms with Gasteiger partial charge in [-0.25, -0.2) is 0 Å². The van der Waals surface area contributed by atoms with Crippen LogP contribution in [0, 0.1) is 0 Å². The topological polar surface area (TPSA) is 41.6 Å². The standard InChI is InChI=1S/C17H21F3N2O2/c1-11(23)21-14-6-15-9-24-10-16(7-14)22(15)8-12-3-2-4-13(5-12)17(18,19)20/h2-5,14-16H,6-10H2,1H3,(H,21,23). The molecule has 1 aromatic rings. The van der Waals surface area contributed by atoms with Crippen LogP contribution in [0.1, 0.15) is 30.9 Å². The minimum absolute atomic E-state index is 0.0506. The Labute approximate surface area is 139 Å². The quantitative estimate of drug-likeness (QED) is 0.918. The largest absolute Gasteiger partial charge is 0.416 e. The lowest BCUT2D eigenvalue weighted by Gasteiger charge is -2.48. The van der Waals surface area contributed by atoms with Gasteiger partial charge in [0.05, 0.1) is 18.8 Å².